The molecular weight excluding hydrogens is 1070 g/mol. The van der Waals surface area contributed by atoms with E-state index in [1.165, 1.54) is 36.4 Å². The molecule has 4 N–H and O–H groups in total. The van der Waals surface area contributed by atoms with Crippen molar-refractivity contribution in [1.82, 2.24) is 0 Å². The molecule has 0 saturated heterocycles. The third kappa shape index (κ3) is 16.8. The minimum Gasteiger partial charge on any atom is -0.744 e. The van der Waals surface area contributed by atoms with Gasteiger partial charge in [-0.15, -0.1) is 18.7 Å². The summed E-state index contributed by atoms with van der Waals surface area (Å²) in [7, 11) is -19.6. The van der Waals surface area contributed by atoms with Gasteiger partial charge in [0.15, 0.2) is 0 Å². The van der Waals surface area contributed by atoms with Crippen LogP contribution in [0.5, 0.6) is 0 Å². The monoisotopic (exact) mass is 1110 g/mol. The predicted molar refractivity (Wildman–Crippen MR) is 249 cm³/mol. The van der Waals surface area contributed by atoms with Crippen molar-refractivity contribution in [3.63, 3.8) is 0 Å². The average molecular weight is 1110 g/mol. The minimum atomic E-state index is -5.28. The fourth-order valence-corrected chi connectivity index (χ4v) is 9.82. The Morgan fingerprint density at radius 3 is 1.59 bits per heavy atom. The van der Waals surface area contributed by atoms with E-state index in [1.807, 2.05) is 6.92 Å². The summed E-state index contributed by atoms with van der Waals surface area (Å²) < 4.78 is 181. The molecule has 29 heteroatoms. The van der Waals surface area contributed by atoms with Gasteiger partial charge >= 0.3 is 69.7 Å². The van der Waals surface area contributed by atoms with Crippen LogP contribution >= 0.6 is 10.7 Å². The first-order valence-corrected chi connectivity index (χ1v) is 29.0. The normalized spacial score (nSPS) is 12.1. The maximum atomic E-state index is 13.0. The van der Waals surface area contributed by atoms with Crippen LogP contribution in [0, 0.1) is 47.6 Å². The Kier molecular flexibility index (Phi) is 20.9. The standard InChI is InChI=1S/C39H39N4O11S4.CH3ClO2S.2Na.O3S/c1-20-15-22(3)38(42-55(7,44)45)24(5)36(20)40-26-13-14-27-31(17-26)54-32-19-30(41-37-21(2)16-23(4)39(25(37)6)43-56(8,46)47)34(58(51,52)53)18-29(32)35(27)28-11-9-10-12-33(28)57(48,49)50;1-5(2,3)4;;;1-4(2)3/h9-12,14-19,40,42-43H,1-8H3,(H,48,49,50)(H,51,52,53);1H3;;;/q-1;;2*+1;/p-1. The molecule has 0 spiro atoms. The van der Waals surface area contributed by atoms with Gasteiger partial charge in [-0.05, 0) is 87.6 Å². The van der Waals surface area contributed by atoms with Gasteiger partial charge in [0.2, 0.25) is 40.1 Å². The third-order valence-corrected chi connectivity index (χ3v) is 12.4. The molecule has 4 aromatic rings. The van der Waals surface area contributed by atoms with Crippen LogP contribution in [-0.4, -0.2) is 82.6 Å². The van der Waals surface area contributed by atoms with Gasteiger partial charge in [0, 0.05) is 38.6 Å². The summed E-state index contributed by atoms with van der Waals surface area (Å²) in [5.74, 6) is -0.0353. The number of nitrogens with one attached hydrogen (secondary N) is 4. The molecule has 1 aliphatic heterocycles. The third-order valence-electron chi connectivity index (χ3n) is 9.49. The maximum absolute atomic E-state index is 13.0. The van der Waals surface area contributed by atoms with Crippen LogP contribution in [0.3, 0.4) is 0 Å². The second kappa shape index (κ2) is 23.4. The Bertz CT molecular complexity index is 3730. The molecule has 0 fully saturated rings. The number of sulfonamides is 2. The Balaban J connectivity index is 0.00000136. The van der Waals surface area contributed by atoms with E-state index in [-0.39, 0.29) is 104 Å². The summed E-state index contributed by atoms with van der Waals surface area (Å²) in [5.41, 5.74) is 5.44. The van der Waals surface area contributed by atoms with Crippen LogP contribution in [0.15, 0.2) is 74.9 Å². The number of hydrogen-bond donors (Lipinski definition) is 4. The number of anilines is 4. The summed E-state index contributed by atoms with van der Waals surface area (Å²) in [6.07, 6.45) is 2.95. The van der Waals surface area contributed by atoms with Gasteiger partial charge in [-0.1, -0.05) is 40.9 Å². The van der Waals surface area contributed by atoms with Gasteiger partial charge < -0.3 is 18.8 Å². The first kappa shape index (κ1) is 61.7. The Labute approximate surface area is 450 Å². The topological polar surface area (TPSA) is 331 Å². The molecule has 0 amide bonds. The van der Waals surface area contributed by atoms with E-state index in [9.17, 15) is 51.2 Å². The minimum absolute atomic E-state index is 0. The second-order valence-corrected chi connectivity index (χ2v) is 24.7. The summed E-state index contributed by atoms with van der Waals surface area (Å²) in [5, 5.41) is 3.22. The van der Waals surface area contributed by atoms with E-state index in [0.29, 0.717) is 50.6 Å². The molecule has 1 heterocycles. The molecule has 4 aromatic carbocycles. The van der Waals surface area contributed by atoms with E-state index in [0.717, 1.165) is 36.5 Å². The predicted octanol–water partition coefficient (Wildman–Crippen LogP) is -2.35. The van der Waals surface area contributed by atoms with Crippen LogP contribution in [0.4, 0.5) is 28.4 Å². The zero-order valence-electron chi connectivity index (χ0n) is 38.6. The van der Waals surface area contributed by atoms with Crippen molar-refractivity contribution in [2.75, 3.05) is 33.5 Å². The second-order valence-electron chi connectivity index (χ2n) is 15.0. The molecule has 69 heavy (non-hydrogen) atoms. The van der Waals surface area contributed by atoms with Gasteiger partial charge in [0.05, 0.1) is 41.1 Å². The molecule has 2 aliphatic rings. The molecule has 20 nitrogen and oxygen atoms in total. The van der Waals surface area contributed by atoms with Crippen LogP contribution in [-0.2, 0) is 59.9 Å². The smallest absolute Gasteiger partial charge is 0.744 e. The molecule has 6 rings (SSSR count). The number of fused-ring (bicyclic) bond motifs is 2. The fraction of sp³-hybridized carbons (Fsp3) is 0.225. The first-order chi connectivity index (χ1) is 30.5. The molecule has 0 aromatic heterocycles. The number of benzene rings is 5. The summed E-state index contributed by atoms with van der Waals surface area (Å²) >= 11 is 0. The molecule has 0 bridgehead atoms. The Morgan fingerprint density at radius 2 is 1.10 bits per heavy atom. The quantitative estimate of drug-likeness (QED) is 0.0367. The number of hydrogen-bond acceptors (Lipinski definition) is 17. The van der Waals surface area contributed by atoms with Crippen molar-refractivity contribution in [3.05, 3.63) is 105 Å². The molecule has 0 unspecified atom stereocenters. The van der Waals surface area contributed by atoms with Gasteiger partial charge in [0.25, 0.3) is 0 Å². The Hall–Kier alpha value is -3.45. The van der Waals surface area contributed by atoms with E-state index in [2.05, 4.69) is 36.5 Å². The van der Waals surface area contributed by atoms with Crippen molar-refractivity contribution in [1.29, 1.82) is 0 Å². The van der Waals surface area contributed by atoms with Crippen LogP contribution in [0.1, 0.15) is 33.4 Å². The van der Waals surface area contributed by atoms with Crippen LogP contribution in [0.2, 0.25) is 0 Å². The van der Waals surface area contributed by atoms with E-state index < -0.39 is 69.7 Å². The maximum Gasteiger partial charge on any atom is 1.00 e. The summed E-state index contributed by atoms with van der Waals surface area (Å²) in [4.78, 5) is 1.63. The zero-order valence-corrected chi connectivity index (χ0v) is 48.3. The average Bonchev–Trinajstić information content (AvgIpc) is 3.14. The van der Waals surface area contributed by atoms with Crippen LogP contribution in [0.25, 0.3) is 33.4 Å². The van der Waals surface area contributed by atoms with Gasteiger partial charge in [-0.25, -0.2) is 47.1 Å². The van der Waals surface area contributed by atoms with E-state index >= 15 is 0 Å². The van der Waals surface area contributed by atoms with Crippen molar-refractivity contribution < 1.29 is 132 Å². The molecule has 1 aliphatic carbocycles. The van der Waals surface area contributed by atoms with Gasteiger partial charge in [-0.3, -0.25) is 9.44 Å². The summed E-state index contributed by atoms with van der Waals surface area (Å²) in [6, 6.07) is 17.1. The zero-order chi connectivity index (χ0) is 50.9. The van der Waals surface area contributed by atoms with Crippen molar-refractivity contribution in [2.24, 2.45) is 0 Å². The number of rotatable bonds is 10. The molecule has 362 valence electrons. The number of halogens is 1. The van der Waals surface area contributed by atoms with E-state index in [4.69, 9.17) is 17.0 Å². The molecule has 0 radical (unpaired) electrons. The Morgan fingerprint density at radius 1 is 0.638 bits per heavy atom. The molecule has 0 atom stereocenters. The molecular formula is C40H41ClN4Na2O16S6. The SMILES string of the molecule is CS(=O)(=O)Cl.Cc1cc(C)c(NS(C)(=O)=O)c(C)c1Nc1[c-]cc2c(-c3ccccc3S(=O)(=O)[O-])c3cc(S(=O)(=O)[O-])c(=[NH+]c4c(C)cc(C)c(NS(C)(=O)=O)c4C)cc-3oc2c1.O=S(=O)=O.[Na+].[Na+]. The largest absolute Gasteiger partial charge is 1.00 e. The summed E-state index contributed by atoms with van der Waals surface area (Å²) in [6.45, 7) is 10.3. The van der Waals surface area contributed by atoms with Gasteiger partial charge in [0.1, 0.15) is 30.9 Å². The van der Waals surface area contributed by atoms with Crippen LogP contribution < -0.4 is 84.2 Å². The van der Waals surface area contributed by atoms with Crippen molar-refractivity contribution >= 4 is 110 Å². The number of aryl methyl sites for hydroxylation is 4. The van der Waals surface area contributed by atoms with Crippen molar-refractivity contribution in [3.8, 4) is 22.5 Å². The van der Waals surface area contributed by atoms with Gasteiger partial charge in [-0.2, -0.15) is 12.1 Å². The molecule has 0 saturated carbocycles. The van der Waals surface area contributed by atoms with E-state index in [1.54, 1.807) is 46.8 Å². The van der Waals surface area contributed by atoms with Crippen molar-refractivity contribution in [2.45, 2.75) is 51.3 Å². The first-order valence-electron chi connectivity index (χ1n) is 18.6. The fourth-order valence-electron chi connectivity index (χ4n) is 7.12.